The van der Waals surface area contributed by atoms with E-state index in [1.807, 2.05) is 19.9 Å². The molecule has 1 heterocycles. The number of hydrogen-bond donors (Lipinski definition) is 0. The molecule has 20 heavy (non-hydrogen) atoms. The van der Waals surface area contributed by atoms with E-state index in [4.69, 9.17) is 22.3 Å². The lowest BCUT2D eigenvalue weighted by Gasteiger charge is -2.09. The van der Waals surface area contributed by atoms with Crippen molar-refractivity contribution in [2.75, 3.05) is 0 Å². The number of benzene rings is 1. The molecule has 0 saturated heterocycles. The molecule has 0 saturated carbocycles. The van der Waals surface area contributed by atoms with E-state index in [1.165, 1.54) is 4.57 Å². The first kappa shape index (κ1) is 15.3. The smallest absolute Gasteiger partial charge is 0.296 e. The van der Waals surface area contributed by atoms with Crippen molar-refractivity contribution in [2.24, 2.45) is 0 Å². The van der Waals surface area contributed by atoms with Gasteiger partial charge in [-0.05, 0) is 31.0 Å². The second-order valence-electron chi connectivity index (χ2n) is 4.35. The Kier molecular flexibility index (Phi) is 4.36. The summed E-state index contributed by atoms with van der Waals surface area (Å²) in [6.07, 6.45) is 0.726. The lowest BCUT2D eigenvalue weighted by Crippen LogP contribution is -2.08. The molecule has 5 nitrogen and oxygen atoms in total. The summed E-state index contributed by atoms with van der Waals surface area (Å²) in [5, 5.41) is 7.97. The Bertz CT molecular complexity index is 741. The molecule has 2 aromatic rings. The van der Waals surface area contributed by atoms with Crippen LogP contribution in [-0.2, 0) is 15.6 Å². The predicted octanol–water partition coefficient (Wildman–Crippen LogP) is 3.24. The van der Waals surface area contributed by atoms with Crippen LogP contribution in [0.1, 0.15) is 18.9 Å². The summed E-state index contributed by atoms with van der Waals surface area (Å²) in [5.41, 5.74) is 1.67. The van der Waals surface area contributed by atoms with Crippen LogP contribution in [0.5, 0.6) is 0 Å². The Labute approximate surface area is 127 Å². The van der Waals surface area contributed by atoms with Crippen molar-refractivity contribution in [3.63, 3.8) is 0 Å². The molecule has 0 bridgehead atoms. The van der Waals surface area contributed by atoms with E-state index in [9.17, 15) is 8.42 Å². The van der Waals surface area contributed by atoms with Gasteiger partial charge in [0.25, 0.3) is 14.2 Å². The zero-order valence-corrected chi connectivity index (χ0v) is 13.3. The third-order valence-electron chi connectivity index (χ3n) is 2.82. The lowest BCUT2D eigenvalue weighted by atomic mass is 10.1. The van der Waals surface area contributed by atoms with Crippen LogP contribution in [0.15, 0.2) is 23.4 Å². The van der Waals surface area contributed by atoms with Crippen LogP contribution in [0, 0.1) is 6.92 Å². The zero-order valence-electron chi connectivity index (χ0n) is 11.0. The summed E-state index contributed by atoms with van der Waals surface area (Å²) in [7, 11) is 1.46. The first-order chi connectivity index (χ1) is 9.34. The Balaban J connectivity index is 2.69. The average Bonchev–Trinajstić information content (AvgIpc) is 2.76. The average molecular weight is 334 g/mol. The van der Waals surface area contributed by atoms with Crippen molar-refractivity contribution in [3.05, 3.63) is 28.8 Å². The summed E-state index contributed by atoms with van der Waals surface area (Å²) in [5.74, 6) is 0.450. The summed E-state index contributed by atoms with van der Waals surface area (Å²) < 4.78 is 24.6. The van der Waals surface area contributed by atoms with Crippen molar-refractivity contribution in [3.8, 4) is 11.4 Å². The first-order valence-electron chi connectivity index (χ1n) is 5.99. The van der Waals surface area contributed by atoms with Crippen LogP contribution < -0.4 is 0 Å². The largest absolute Gasteiger partial charge is 0.297 e. The third kappa shape index (κ3) is 2.97. The predicted molar refractivity (Wildman–Crippen MR) is 78.5 cm³/mol. The first-order valence-corrected chi connectivity index (χ1v) is 8.67. The summed E-state index contributed by atoms with van der Waals surface area (Å²) >= 11 is 5.99. The van der Waals surface area contributed by atoms with Gasteiger partial charge in [0, 0.05) is 27.8 Å². The summed E-state index contributed by atoms with van der Waals surface area (Å²) in [4.78, 5) is 0. The van der Waals surface area contributed by atoms with Crippen LogP contribution in [0.2, 0.25) is 5.02 Å². The molecule has 0 aliphatic heterocycles. The van der Waals surface area contributed by atoms with Crippen molar-refractivity contribution < 1.29 is 8.42 Å². The SMILES string of the molecule is CCCn1c(-c2cc(Cl)ccc2C)nnc1S(=O)(=O)Cl. The van der Waals surface area contributed by atoms with Crippen molar-refractivity contribution in [1.29, 1.82) is 0 Å². The van der Waals surface area contributed by atoms with Crippen LogP contribution in [0.4, 0.5) is 0 Å². The van der Waals surface area contributed by atoms with Crippen LogP contribution in [0.3, 0.4) is 0 Å². The highest BCUT2D eigenvalue weighted by Crippen LogP contribution is 2.27. The quantitative estimate of drug-likeness (QED) is 0.805. The Morgan fingerprint density at radius 1 is 1.30 bits per heavy atom. The maximum atomic E-state index is 11.5. The minimum atomic E-state index is -3.94. The topological polar surface area (TPSA) is 64.8 Å². The van der Waals surface area contributed by atoms with Gasteiger partial charge in [0.15, 0.2) is 5.82 Å². The van der Waals surface area contributed by atoms with Crippen molar-refractivity contribution in [2.45, 2.75) is 32.0 Å². The molecule has 1 aromatic heterocycles. The van der Waals surface area contributed by atoms with E-state index in [0.717, 1.165) is 17.5 Å². The number of aryl methyl sites for hydroxylation is 1. The maximum absolute atomic E-state index is 11.5. The third-order valence-corrected chi connectivity index (χ3v) is 4.21. The zero-order chi connectivity index (χ0) is 14.9. The van der Waals surface area contributed by atoms with Crippen molar-refractivity contribution >= 4 is 31.3 Å². The highest BCUT2D eigenvalue weighted by molar-refractivity contribution is 8.13. The van der Waals surface area contributed by atoms with Gasteiger partial charge in [-0.3, -0.25) is 4.57 Å². The second kappa shape index (κ2) is 5.71. The molecule has 2 rings (SSSR count). The highest BCUT2D eigenvalue weighted by Gasteiger charge is 2.23. The molecule has 0 amide bonds. The fraction of sp³-hybridized carbons (Fsp3) is 0.333. The molecule has 0 unspecified atom stereocenters. The van der Waals surface area contributed by atoms with E-state index in [1.54, 1.807) is 12.1 Å². The Morgan fingerprint density at radius 3 is 2.60 bits per heavy atom. The number of hydrogen-bond acceptors (Lipinski definition) is 4. The van der Waals surface area contributed by atoms with Crippen LogP contribution in [0.25, 0.3) is 11.4 Å². The van der Waals surface area contributed by atoms with Gasteiger partial charge in [0.1, 0.15) is 0 Å². The van der Waals surface area contributed by atoms with Gasteiger partial charge in [-0.1, -0.05) is 24.6 Å². The Morgan fingerprint density at radius 2 is 2.00 bits per heavy atom. The van der Waals surface area contributed by atoms with Crippen LogP contribution in [-0.4, -0.2) is 23.2 Å². The van der Waals surface area contributed by atoms with Crippen LogP contribution >= 0.6 is 22.3 Å². The number of nitrogens with zero attached hydrogens (tertiary/aromatic N) is 3. The van der Waals surface area contributed by atoms with E-state index in [-0.39, 0.29) is 5.16 Å². The molecule has 0 atom stereocenters. The fourth-order valence-corrected chi connectivity index (χ4v) is 3.02. The maximum Gasteiger partial charge on any atom is 0.296 e. The Hall–Kier alpha value is -1.11. The molecule has 0 aliphatic rings. The number of aromatic nitrogens is 3. The van der Waals surface area contributed by atoms with Crippen molar-refractivity contribution in [1.82, 2.24) is 14.8 Å². The van der Waals surface area contributed by atoms with E-state index in [0.29, 0.717) is 17.4 Å². The highest BCUT2D eigenvalue weighted by atomic mass is 35.7. The van der Waals surface area contributed by atoms with E-state index in [2.05, 4.69) is 10.2 Å². The molecule has 1 aromatic carbocycles. The van der Waals surface area contributed by atoms with Gasteiger partial charge >= 0.3 is 0 Å². The molecule has 0 spiro atoms. The minimum absolute atomic E-state index is 0.240. The van der Waals surface area contributed by atoms with Gasteiger partial charge in [-0.2, -0.15) is 0 Å². The van der Waals surface area contributed by atoms with Gasteiger partial charge in [0.2, 0.25) is 0 Å². The number of rotatable bonds is 4. The van der Waals surface area contributed by atoms with E-state index < -0.39 is 9.05 Å². The molecular formula is C12H13Cl2N3O2S. The lowest BCUT2D eigenvalue weighted by molar-refractivity contribution is 0.570. The molecule has 0 aliphatic carbocycles. The fourth-order valence-electron chi connectivity index (χ4n) is 1.93. The second-order valence-corrected chi connectivity index (χ2v) is 7.25. The standard InChI is InChI=1S/C12H13Cl2N3O2S/c1-3-6-17-11(15-16-12(17)20(14,18)19)10-7-9(13)5-4-8(10)2/h4-5,7H,3,6H2,1-2H3. The molecule has 108 valence electrons. The van der Waals surface area contributed by atoms with Gasteiger partial charge in [-0.25, -0.2) is 8.42 Å². The van der Waals surface area contributed by atoms with Gasteiger partial charge < -0.3 is 0 Å². The monoisotopic (exact) mass is 333 g/mol. The normalized spacial score (nSPS) is 11.8. The molecule has 0 radical (unpaired) electrons. The molecular weight excluding hydrogens is 321 g/mol. The summed E-state index contributed by atoms with van der Waals surface area (Å²) in [6.45, 7) is 4.28. The summed E-state index contributed by atoms with van der Waals surface area (Å²) in [6, 6.07) is 5.34. The van der Waals surface area contributed by atoms with Gasteiger partial charge in [-0.15, -0.1) is 10.2 Å². The van der Waals surface area contributed by atoms with Gasteiger partial charge in [0.05, 0.1) is 0 Å². The molecule has 8 heteroatoms. The molecule has 0 fully saturated rings. The minimum Gasteiger partial charge on any atom is -0.297 e. The molecule has 0 N–H and O–H groups in total. The van der Waals surface area contributed by atoms with E-state index >= 15 is 0 Å². The number of halogens is 2.